The summed E-state index contributed by atoms with van der Waals surface area (Å²) in [6, 6.07) is 1.13. The van der Waals surface area contributed by atoms with Crippen LogP contribution in [0.5, 0.6) is 0 Å². The molecular weight excluding hydrogens is 238 g/mol. The minimum absolute atomic E-state index is 0.0954. The van der Waals surface area contributed by atoms with Crippen LogP contribution in [0.25, 0.3) is 0 Å². The number of nitrogens with one attached hydrogen (secondary N) is 1. The van der Waals surface area contributed by atoms with Gasteiger partial charge >= 0.3 is 5.97 Å². The molecule has 3 unspecified atom stereocenters. The Kier molecular flexibility index (Phi) is 5.26. The number of carbonyl (C=O) groups is 1. The van der Waals surface area contributed by atoms with Crippen LogP contribution < -0.4 is 5.32 Å². The van der Waals surface area contributed by atoms with E-state index in [4.69, 9.17) is 5.11 Å². The lowest BCUT2D eigenvalue weighted by atomic mass is 9.76. The van der Waals surface area contributed by atoms with Crippen LogP contribution in [0.3, 0.4) is 0 Å². The summed E-state index contributed by atoms with van der Waals surface area (Å²) in [6.07, 6.45) is 9.27. The second-order valence-corrected chi connectivity index (χ2v) is 6.77. The molecular formula is C16H29NO2. The van der Waals surface area contributed by atoms with Crippen molar-refractivity contribution in [3.8, 4) is 0 Å². The van der Waals surface area contributed by atoms with Gasteiger partial charge in [0.05, 0.1) is 5.92 Å². The number of aliphatic carboxylic acids is 1. The smallest absolute Gasteiger partial charge is 0.306 e. The highest BCUT2D eigenvalue weighted by molar-refractivity contribution is 5.70. The first-order valence-corrected chi connectivity index (χ1v) is 8.06. The van der Waals surface area contributed by atoms with E-state index >= 15 is 0 Å². The average Bonchev–Trinajstić information content (AvgIpc) is 2.39. The van der Waals surface area contributed by atoms with Gasteiger partial charge in [-0.3, -0.25) is 4.79 Å². The molecule has 0 aliphatic heterocycles. The second kappa shape index (κ2) is 6.74. The third kappa shape index (κ3) is 3.95. The zero-order valence-electron chi connectivity index (χ0n) is 12.4. The maximum atomic E-state index is 11.0. The third-order valence-electron chi connectivity index (χ3n) is 5.40. The van der Waals surface area contributed by atoms with Gasteiger partial charge in [0.25, 0.3) is 0 Å². The summed E-state index contributed by atoms with van der Waals surface area (Å²) < 4.78 is 0. The zero-order valence-corrected chi connectivity index (χ0v) is 12.4. The first kappa shape index (κ1) is 14.8. The predicted molar refractivity (Wildman–Crippen MR) is 77.1 cm³/mol. The van der Waals surface area contributed by atoms with Crippen LogP contribution >= 0.6 is 0 Å². The second-order valence-electron chi connectivity index (χ2n) is 6.77. The van der Waals surface area contributed by atoms with Crippen LogP contribution in [0.1, 0.15) is 65.2 Å². The van der Waals surface area contributed by atoms with Crippen LogP contribution in [0.2, 0.25) is 0 Å². The summed E-state index contributed by atoms with van der Waals surface area (Å²) in [4.78, 5) is 11.0. The summed E-state index contributed by atoms with van der Waals surface area (Å²) in [5, 5.41) is 12.8. The Morgan fingerprint density at radius 1 is 1.11 bits per heavy atom. The van der Waals surface area contributed by atoms with E-state index in [0.717, 1.165) is 37.5 Å². The number of carboxylic acid groups (broad SMARTS) is 1. The van der Waals surface area contributed by atoms with Crippen molar-refractivity contribution in [1.29, 1.82) is 0 Å². The summed E-state index contributed by atoms with van der Waals surface area (Å²) >= 11 is 0. The molecule has 2 rings (SSSR count). The molecule has 0 saturated heterocycles. The molecule has 0 aromatic heterocycles. The predicted octanol–water partition coefficient (Wildman–Crippen LogP) is 3.43. The van der Waals surface area contributed by atoms with Gasteiger partial charge in [0.2, 0.25) is 0 Å². The van der Waals surface area contributed by atoms with Crippen molar-refractivity contribution in [3.63, 3.8) is 0 Å². The summed E-state index contributed by atoms with van der Waals surface area (Å²) in [5.41, 5.74) is 0. The van der Waals surface area contributed by atoms with E-state index in [0.29, 0.717) is 12.1 Å². The Balaban J connectivity index is 1.77. The molecule has 3 nitrogen and oxygen atoms in total. The van der Waals surface area contributed by atoms with Gasteiger partial charge in [0.15, 0.2) is 0 Å². The molecule has 2 saturated carbocycles. The normalized spacial score (nSPS) is 37.8. The zero-order chi connectivity index (χ0) is 13.8. The Bertz CT molecular complexity index is 297. The summed E-state index contributed by atoms with van der Waals surface area (Å²) in [5.74, 6) is 0.951. The maximum Gasteiger partial charge on any atom is 0.306 e. The molecule has 2 aliphatic carbocycles. The number of carboxylic acids is 1. The third-order valence-corrected chi connectivity index (χ3v) is 5.40. The van der Waals surface area contributed by atoms with Gasteiger partial charge in [-0.25, -0.2) is 0 Å². The highest BCUT2D eigenvalue weighted by atomic mass is 16.4. The highest BCUT2D eigenvalue weighted by Crippen LogP contribution is 2.33. The Morgan fingerprint density at radius 2 is 1.74 bits per heavy atom. The molecule has 0 heterocycles. The molecule has 0 aromatic rings. The quantitative estimate of drug-likeness (QED) is 0.820. The molecule has 0 amide bonds. The Morgan fingerprint density at radius 3 is 2.32 bits per heavy atom. The molecule has 2 fully saturated rings. The fourth-order valence-corrected chi connectivity index (χ4v) is 4.09. The fraction of sp³-hybridized carbons (Fsp3) is 0.938. The Labute approximate surface area is 117 Å². The average molecular weight is 267 g/mol. The van der Waals surface area contributed by atoms with E-state index in [1.54, 1.807) is 0 Å². The molecule has 0 radical (unpaired) electrons. The van der Waals surface area contributed by atoms with Crippen LogP contribution in [0.15, 0.2) is 0 Å². The maximum absolute atomic E-state index is 11.0. The van der Waals surface area contributed by atoms with E-state index in [1.165, 1.54) is 25.7 Å². The van der Waals surface area contributed by atoms with Crippen LogP contribution in [0, 0.1) is 17.8 Å². The van der Waals surface area contributed by atoms with Crippen LogP contribution in [0.4, 0.5) is 0 Å². The molecule has 3 atom stereocenters. The lowest BCUT2D eigenvalue weighted by Crippen LogP contribution is -2.45. The Hall–Kier alpha value is -0.570. The van der Waals surface area contributed by atoms with Crippen molar-refractivity contribution in [2.75, 3.05) is 0 Å². The van der Waals surface area contributed by atoms with Crippen LogP contribution in [-0.2, 0) is 4.79 Å². The molecule has 110 valence electrons. The fourth-order valence-electron chi connectivity index (χ4n) is 4.09. The van der Waals surface area contributed by atoms with Gasteiger partial charge in [0.1, 0.15) is 0 Å². The molecule has 3 heteroatoms. The van der Waals surface area contributed by atoms with Crippen molar-refractivity contribution in [2.24, 2.45) is 17.8 Å². The molecule has 2 N–H and O–H groups in total. The molecule has 0 aromatic carbocycles. The van der Waals surface area contributed by atoms with Gasteiger partial charge in [-0.15, -0.1) is 0 Å². The molecule has 2 aliphatic rings. The minimum Gasteiger partial charge on any atom is -0.481 e. The van der Waals surface area contributed by atoms with E-state index in [9.17, 15) is 4.79 Å². The van der Waals surface area contributed by atoms with Crippen molar-refractivity contribution < 1.29 is 9.90 Å². The standard InChI is InChI=1S/C16H29NO2/c1-11-5-3-4-6-15(11)12(2)17-14-9-7-13(8-10-14)16(18)19/h11-15,17H,3-10H2,1-2H3,(H,18,19). The van der Waals surface area contributed by atoms with Gasteiger partial charge in [-0.1, -0.05) is 26.2 Å². The van der Waals surface area contributed by atoms with Crippen molar-refractivity contribution in [2.45, 2.75) is 77.3 Å². The number of hydrogen-bond donors (Lipinski definition) is 2. The van der Waals surface area contributed by atoms with Crippen molar-refractivity contribution in [3.05, 3.63) is 0 Å². The van der Waals surface area contributed by atoms with E-state index in [2.05, 4.69) is 19.2 Å². The first-order chi connectivity index (χ1) is 9.08. The van der Waals surface area contributed by atoms with Gasteiger partial charge < -0.3 is 10.4 Å². The highest BCUT2D eigenvalue weighted by Gasteiger charge is 2.30. The summed E-state index contributed by atoms with van der Waals surface area (Å²) in [7, 11) is 0. The molecule has 0 bridgehead atoms. The van der Waals surface area contributed by atoms with Gasteiger partial charge in [0, 0.05) is 12.1 Å². The largest absolute Gasteiger partial charge is 0.481 e. The van der Waals surface area contributed by atoms with Crippen LogP contribution in [-0.4, -0.2) is 23.2 Å². The number of hydrogen-bond acceptors (Lipinski definition) is 2. The van der Waals surface area contributed by atoms with E-state index in [1.807, 2.05) is 0 Å². The topological polar surface area (TPSA) is 49.3 Å². The first-order valence-electron chi connectivity index (χ1n) is 8.06. The SMILES string of the molecule is CC1CCCCC1C(C)NC1CCC(C(=O)O)CC1. The van der Waals surface area contributed by atoms with Gasteiger partial charge in [-0.2, -0.15) is 0 Å². The van der Waals surface area contributed by atoms with E-state index < -0.39 is 5.97 Å². The van der Waals surface area contributed by atoms with Crippen molar-refractivity contribution >= 4 is 5.97 Å². The van der Waals surface area contributed by atoms with E-state index in [-0.39, 0.29) is 5.92 Å². The lowest BCUT2D eigenvalue weighted by molar-refractivity contribution is -0.142. The molecule has 0 spiro atoms. The molecule has 19 heavy (non-hydrogen) atoms. The van der Waals surface area contributed by atoms with Gasteiger partial charge in [-0.05, 0) is 50.9 Å². The minimum atomic E-state index is -0.604. The van der Waals surface area contributed by atoms with Crippen molar-refractivity contribution in [1.82, 2.24) is 5.32 Å². The lowest BCUT2D eigenvalue weighted by Gasteiger charge is -2.37. The summed E-state index contributed by atoms with van der Waals surface area (Å²) in [6.45, 7) is 4.72. The monoisotopic (exact) mass is 267 g/mol. The number of rotatable bonds is 4.